The Morgan fingerprint density at radius 1 is 1.43 bits per heavy atom. The van der Waals surface area contributed by atoms with Gasteiger partial charge in [-0.05, 0) is 12.1 Å². The van der Waals surface area contributed by atoms with E-state index >= 15 is 0 Å². The SMILES string of the molecule is COC/C(=N/O)c1ccc(O)cc1O. The predicted molar refractivity (Wildman–Crippen MR) is 50.0 cm³/mol. The molecule has 0 radical (unpaired) electrons. The summed E-state index contributed by atoms with van der Waals surface area (Å²) in [4.78, 5) is 0. The molecule has 0 spiro atoms. The van der Waals surface area contributed by atoms with Crippen molar-refractivity contribution >= 4 is 5.71 Å². The van der Waals surface area contributed by atoms with Crippen LogP contribution in [0.1, 0.15) is 5.56 Å². The Labute approximate surface area is 80.9 Å². The van der Waals surface area contributed by atoms with Crippen LogP contribution in [-0.4, -0.2) is 34.8 Å². The highest BCUT2D eigenvalue weighted by atomic mass is 16.5. The number of aromatic hydroxyl groups is 2. The molecule has 14 heavy (non-hydrogen) atoms. The highest BCUT2D eigenvalue weighted by molar-refractivity contribution is 6.03. The lowest BCUT2D eigenvalue weighted by molar-refractivity contribution is 0.237. The molecule has 0 saturated carbocycles. The van der Waals surface area contributed by atoms with Crippen LogP contribution in [0.3, 0.4) is 0 Å². The summed E-state index contributed by atoms with van der Waals surface area (Å²) in [6.07, 6.45) is 0. The van der Waals surface area contributed by atoms with E-state index in [0.29, 0.717) is 5.56 Å². The van der Waals surface area contributed by atoms with E-state index in [1.165, 1.54) is 19.2 Å². The maximum atomic E-state index is 9.41. The van der Waals surface area contributed by atoms with E-state index in [-0.39, 0.29) is 23.8 Å². The molecule has 0 saturated heterocycles. The Bertz CT molecular complexity index is 349. The Balaban J connectivity index is 3.05. The maximum absolute atomic E-state index is 9.41. The van der Waals surface area contributed by atoms with Crippen molar-refractivity contribution in [1.82, 2.24) is 0 Å². The van der Waals surface area contributed by atoms with Crippen LogP contribution in [0.4, 0.5) is 0 Å². The zero-order valence-corrected chi connectivity index (χ0v) is 7.64. The lowest BCUT2D eigenvalue weighted by Crippen LogP contribution is -2.08. The Morgan fingerprint density at radius 2 is 2.14 bits per heavy atom. The number of hydrogen-bond acceptors (Lipinski definition) is 5. The first-order valence-corrected chi connectivity index (χ1v) is 3.91. The quantitative estimate of drug-likeness (QED) is 0.382. The molecule has 0 bridgehead atoms. The summed E-state index contributed by atoms with van der Waals surface area (Å²) in [5.74, 6) is -0.212. The van der Waals surface area contributed by atoms with Gasteiger partial charge in [-0.15, -0.1) is 0 Å². The molecule has 3 N–H and O–H groups in total. The molecule has 76 valence electrons. The Kier molecular flexibility index (Phi) is 3.30. The van der Waals surface area contributed by atoms with Crippen molar-refractivity contribution in [3.63, 3.8) is 0 Å². The monoisotopic (exact) mass is 197 g/mol. The summed E-state index contributed by atoms with van der Waals surface area (Å²) in [5.41, 5.74) is 0.525. The van der Waals surface area contributed by atoms with Gasteiger partial charge in [-0.25, -0.2) is 0 Å². The van der Waals surface area contributed by atoms with Gasteiger partial charge >= 0.3 is 0 Å². The minimum absolute atomic E-state index is 0.0547. The number of benzene rings is 1. The first-order chi connectivity index (χ1) is 6.69. The van der Waals surface area contributed by atoms with Crippen molar-refractivity contribution in [3.05, 3.63) is 23.8 Å². The average molecular weight is 197 g/mol. The van der Waals surface area contributed by atoms with Crippen molar-refractivity contribution in [2.24, 2.45) is 5.16 Å². The first-order valence-electron chi connectivity index (χ1n) is 3.91. The van der Waals surface area contributed by atoms with Crippen molar-refractivity contribution in [2.45, 2.75) is 0 Å². The van der Waals surface area contributed by atoms with Crippen LogP contribution in [0.5, 0.6) is 11.5 Å². The van der Waals surface area contributed by atoms with E-state index in [1.54, 1.807) is 0 Å². The van der Waals surface area contributed by atoms with Crippen LogP contribution in [0.2, 0.25) is 0 Å². The summed E-state index contributed by atoms with van der Waals surface area (Å²) in [6, 6.07) is 3.99. The molecule has 0 aromatic heterocycles. The van der Waals surface area contributed by atoms with Crippen LogP contribution >= 0.6 is 0 Å². The van der Waals surface area contributed by atoms with Crippen molar-refractivity contribution in [3.8, 4) is 11.5 Å². The van der Waals surface area contributed by atoms with Gasteiger partial charge in [0.25, 0.3) is 0 Å². The van der Waals surface area contributed by atoms with Gasteiger partial charge < -0.3 is 20.2 Å². The molecular weight excluding hydrogens is 186 g/mol. The Hall–Kier alpha value is -1.75. The highest BCUT2D eigenvalue weighted by Gasteiger charge is 2.09. The average Bonchev–Trinajstić information content (AvgIpc) is 2.15. The fourth-order valence-electron chi connectivity index (χ4n) is 1.06. The Morgan fingerprint density at radius 3 is 2.64 bits per heavy atom. The van der Waals surface area contributed by atoms with Crippen LogP contribution in [0.25, 0.3) is 0 Å². The van der Waals surface area contributed by atoms with Gasteiger partial charge in [0.05, 0.1) is 6.61 Å². The number of hydrogen-bond donors (Lipinski definition) is 3. The van der Waals surface area contributed by atoms with Crippen LogP contribution in [0.15, 0.2) is 23.4 Å². The van der Waals surface area contributed by atoms with E-state index in [0.717, 1.165) is 6.07 Å². The normalized spacial score (nSPS) is 11.6. The van der Waals surface area contributed by atoms with Crippen molar-refractivity contribution < 1.29 is 20.2 Å². The zero-order valence-electron chi connectivity index (χ0n) is 7.64. The number of phenols is 2. The lowest BCUT2D eigenvalue weighted by Gasteiger charge is -2.05. The fourth-order valence-corrected chi connectivity index (χ4v) is 1.06. The molecule has 0 amide bonds. The third kappa shape index (κ3) is 2.14. The molecule has 1 aromatic rings. The fraction of sp³-hybridized carbons (Fsp3) is 0.222. The van der Waals surface area contributed by atoms with Gasteiger partial charge in [0.2, 0.25) is 0 Å². The number of oxime groups is 1. The molecule has 5 nitrogen and oxygen atoms in total. The van der Waals surface area contributed by atoms with Crippen molar-refractivity contribution in [1.29, 1.82) is 0 Å². The van der Waals surface area contributed by atoms with Gasteiger partial charge in [0.15, 0.2) is 0 Å². The number of methoxy groups -OCH3 is 1. The smallest absolute Gasteiger partial charge is 0.128 e. The van der Waals surface area contributed by atoms with E-state index in [1.807, 2.05) is 0 Å². The molecular formula is C9H11NO4. The summed E-state index contributed by atoms with van der Waals surface area (Å²) in [6.45, 7) is 0.0782. The molecule has 0 aliphatic rings. The summed E-state index contributed by atoms with van der Waals surface area (Å²) >= 11 is 0. The number of phenolic OH excluding ortho intramolecular Hbond substituents is 2. The number of rotatable bonds is 3. The number of ether oxygens (including phenoxy) is 1. The molecule has 0 aliphatic heterocycles. The van der Waals surface area contributed by atoms with Gasteiger partial charge in [-0.3, -0.25) is 0 Å². The highest BCUT2D eigenvalue weighted by Crippen LogP contribution is 2.23. The van der Waals surface area contributed by atoms with Gasteiger partial charge in [-0.1, -0.05) is 5.16 Å². The van der Waals surface area contributed by atoms with Gasteiger partial charge in [0.1, 0.15) is 17.2 Å². The number of nitrogens with zero attached hydrogens (tertiary/aromatic N) is 1. The molecule has 1 aromatic carbocycles. The van der Waals surface area contributed by atoms with E-state index in [4.69, 9.17) is 15.1 Å². The van der Waals surface area contributed by atoms with Crippen molar-refractivity contribution in [2.75, 3.05) is 13.7 Å². The van der Waals surface area contributed by atoms with Gasteiger partial charge in [0, 0.05) is 18.7 Å². The molecule has 1 rings (SSSR count). The first kappa shape index (κ1) is 10.3. The topological polar surface area (TPSA) is 82.3 Å². The van der Waals surface area contributed by atoms with E-state index in [2.05, 4.69) is 5.16 Å². The zero-order chi connectivity index (χ0) is 10.6. The minimum Gasteiger partial charge on any atom is -0.508 e. The second-order valence-corrected chi connectivity index (χ2v) is 2.68. The molecule has 5 heteroatoms. The van der Waals surface area contributed by atoms with E-state index < -0.39 is 0 Å². The van der Waals surface area contributed by atoms with Crippen LogP contribution in [-0.2, 0) is 4.74 Å². The molecule has 0 heterocycles. The van der Waals surface area contributed by atoms with Crippen LogP contribution in [0, 0.1) is 0 Å². The third-order valence-corrected chi connectivity index (χ3v) is 1.69. The molecule has 0 atom stereocenters. The van der Waals surface area contributed by atoms with E-state index in [9.17, 15) is 5.11 Å². The summed E-state index contributed by atoms with van der Waals surface area (Å²) in [7, 11) is 1.45. The maximum Gasteiger partial charge on any atom is 0.128 e. The molecule has 0 fully saturated rings. The second kappa shape index (κ2) is 4.48. The molecule has 0 unspecified atom stereocenters. The third-order valence-electron chi connectivity index (χ3n) is 1.69. The summed E-state index contributed by atoms with van der Waals surface area (Å²) in [5, 5.41) is 30.1. The van der Waals surface area contributed by atoms with Crippen LogP contribution < -0.4 is 0 Å². The molecule has 0 aliphatic carbocycles. The van der Waals surface area contributed by atoms with Gasteiger partial charge in [-0.2, -0.15) is 0 Å². The summed E-state index contributed by atoms with van der Waals surface area (Å²) < 4.78 is 4.77. The standard InChI is InChI=1S/C9H11NO4/c1-14-5-8(10-13)7-3-2-6(11)4-9(7)12/h2-4,11-13H,5H2,1H3/b10-8-. The minimum atomic E-state index is -0.158. The predicted octanol–water partition coefficient (Wildman–Crippen LogP) is 0.922. The largest absolute Gasteiger partial charge is 0.508 e. The lowest BCUT2D eigenvalue weighted by atomic mass is 10.1. The second-order valence-electron chi connectivity index (χ2n) is 2.68.